The zero-order valence-corrected chi connectivity index (χ0v) is 15.4. The first-order valence-electron chi connectivity index (χ1n) is 8.85. The molecule has 3 rings (SSSR count). The fourth-order valence-corrected chi connectivity index (χ4v) is 3.40. The van der Waals surface area contributed by atoms with Crippen molar-refractivity contribution in [2.24, 2.45) is 0 Å². The Hall–Kier alpha value is -2.89. The smallest absolute Gasteiger partial charge is 0.341 e. The van der Waals surface area contributed by atoms with E-state index in [0.717, 1.165) is 30.9 Å². The fraction of sp³-hybridized carbons (Fsp3) is 0.333. The molecule has 0 aromatic heterocycles. The number of hydrogen-bond donors (Lipinski definition) is 0. The van der Waals surface area contributed by atoms with Gasteiger partial charge in [-0.25, -0.2) is 9.18 Å². The number of benzene rings is 2. The van der Waals surface area contributed by atoms with E-state index in [1.807, 2.05) is 18.2 Å². The summed E-state index contributed by atoms with van der Waals surface area (Å²) in [5, 5.41) is 0. The highest BCUT2D eigenvalue weighted by atomic mass is 19.1. The lowest BCUT2D eigenvalue weighted by molar-refractivity contribution is -0.135. The Balaban J connectivity index is 1.63. The molecule has 1 aliphatic carbocycles. The van der Waals surface area contributed by atoms with E-state index in [0.29, 0.717) is 5.75 Å². The van der Waals surface area contributed by atoms with Gasteiger partial charge in [0, 0.05) is 13.1 Å². The van der Waals surface area contributed by atoms with Crippen molar-refractivity contribution in [1.29, 1.82) is 0 Å². The molecule has 6 heteroatoms. The molecular formula is C21H22FNO4. The second-order valence-corrected chi connectivity index (χ2v) is 6.53. The maximum Gasteiger partial charge on any atom is 0.341 e. The van der Waals surface area contributed by atoms with Crippen LogP contribution in [0.25, 0.3) is 0 Å². The van der Waals surface area contributed by atoms with Crippen LogP contribution in [0.15, 0.2) is 42.5 Å². The standard InChI is InChI=1S/C21H22FNO4/c1-23(19-9-5-7-14-6-3-4-8-16(14)19)20(24)13-27-21(25)17-11-10-15(26-2)12-18(17)22/h3-4,6,8,10-12,19H,5,7,9,13H2,1-2H3/t19-/m0/s1. The van der Waals surface area contributed by atoms with Crippen LogP contribution in [0.1, 0.15) is 40.4 Å². The number of methoxy groups -OCH3 is 1. The topological polar surface area (TPSA) is 55.8 Å². The summed E-state index contributed by atoms with van der Waals surface area (Å²) in [7, 11) is 3.11. The van der Waals surface area contributed by atoms with Crippen molar-refractivity contribution in [3.63, 3.8) is 0 Å². The maximum atomic E-state index is 14.0. The number of rotatable bonds is 5. The van der Waals surface area contributed by atoms with Crippen LogP contribution in [0.5, 0.6) is 5.75 Å². The van der Waals surface area contributed by atoms with E-state index >= 15 is 0 Å². The number of aryl methyl sites for hydroxylation is 1. The van der Waals surface area contributed by atoms with Crippen LogP contribution in [0.2, 0.25) is 0 Å². The molecule has 1 aliphatic rings. The van der Waals surface area contributed by atoms with E-state index in [9.17, 15) is 14.0 Å². The molecule has 2 aromatic carbocycles. The van der Waals surface area contributed by atoms with Crippen molar-refractivity contribution in [3.05, 3.63) is 65.0 Å². The van der Waals surface area contributed by atoms with E-state index in [-0.39, 0.29) is 17.5 Å². The molecule has 142 valence electrons. The van der Waals surface area contributed by atoms with Crippen molar-refractivity contribution < 1.29 is 23.5 Å². The second-order valence-electron chi connectivity index (χ2n) is 6.53. The van der Waals surface area contributed by atoms with Crippen molar-refractivity contribution in [3.8, 4) is 5.75 Å². The predicted octanol–water partition coefficient (Wildman–Crippen LogP) is 3.53. The van der Waals surface area contributed by atoms with Gasteiger partial charge in [-0.1, -0.05) is 24.3 Å². The number of amides is 1. The minimum absolute atomic E-state index is 0.0427. The molecule has 27 heavy (non-hydrogen) atoms. The lowest BCUT2D eigenvalue weighted by atomic mass is 9.87. The van der Waals surface area contributed by atoms with Gasteiger partial charge < -0.3 is 14.4 Å². The largest absolute Gasteiger partial charge is 0.497 e. The highest BCUT2D eigenvalue weighted by Gasteiger charge is 2.27. The molecule has 1 amide bonds. The summed E-state index contributed by atoms with van der Waals surface area (Å²) in [5.74, 6) is -1.64. The molecule has 0 radical (unpaired) electrons. The summed E-state index contributed by atoms with van der Waals surface area (Å²) in [6.45, 7) is -0.431. The maximum absolute atomic E-state index is 14.0. The third kappa shape index (κ3) is 4.10. The van der Waals surface area contributed by atoms with Gasteiger partial charge in [-0.2, -0.15) is 0 Å². The summed E-state index contributed by atoms with van der Waals surface area (Å²) in [6, 6.07) is 11.9. The van der Waals surface area contributed by atoms with Crippen LogP contribution >= 0.6 is 0 Å². The fourth-order valence-electron chi connectivity index (χ4n) is 3.40. The minimum Gasteiger partial charge on any atom is -0.497 e. The van der Waals surface area contributed by atoms with Crippen LogP contribution in [-0.4, -0.2) is 37.5 Å². The lowest BCUT2D eigenvalue weighted by Gasteiger charge is -2.33. The summed E-state index contributed by atoms with van der Waals surface area (Å²) in [4.78, 5) is 26.2. The van der Waals surface area contributed by atoms with Crippen molar-refractivity contribution in [2.75, 3.05) is 20.8 Å². The molecule has 5 nitrogen and oxygen atoms in total. The minimum atomic E-state index is -0.874. The number of nitrogens with zero attached hydrogens (tertiary/aromatic N) is 1. The summed E-state index contributed by atoms with van der Waals surface area (Å²) in [6.07, 6.45) is 2.86. The van der Waals surface area contributed by atoms with Gasteiger partial charge in [0.25, 0.3) is 5.91 Å². The Bertz CT molecular complexity index is 852. The van der Waals surface area contributed by atoms with E-state index in [1.165, 1.54) is 24.8 Å². The molecule has 0 aliphatic heterocycles. The van der Waals surface area contributed by atoms with Gasteiger partial charge in [0.05, 0.1) is 18.7 Å². The summed E-state index contributed by atoms with van der Waals surface area (Å²) >= 11 is 0. The van der Waals surface area contributed by atoms with Gasteiger partial charge in [-0.3, -0.25) is 4.79 Å². The van der Waals surface area contributed by atoms with Gasteiger partial charge in [-0.15, -0.1) is 0 Å². The number of fused-ring (bicyclic) bond motifs is 1. The van der Waals surface area contributed by atoms with E-state index in [1.54, 1.807) is 11.9 Å². The van der Waals surface area contributed by atoms with E-state index in [2.05, 4.69) is 6.07 Å². The highest BCUT2D eigenvalue weighted by molar-refractivity contribution is 5.91. The van der Waals surface area contributed by atoms with Gasteiger partial charge >= 0.3 is 5.97 Å². The first kappa shape index (κ1) is 18.9. The Morgan fingerprint density at radius 3 is 2.74 bits per heavy atom. The first-order chi connectivity index (χ1) is 13.0. The zero-order valence-electron chi connectivity index (χ0n) is 15.4. The molecule has 0 unspecified atom stereocenters. The molecule has 0 N–H and O–H groups in total. The molecule has 0 heterocycles. The number of halogens is 1. The number of carbonyl (C=O) groups is 2. The van der Waals surface area contributed by atoms with Crippen LogP contribution in [-0.2, 0) is 16.0 Å². The quantitative estimate of drug-likeness (QED) is 0.755. The van der Waals surface area contributed by atoms with Crippen LogP contribution in [0.4, 0.5) is 4.39 Å². The van der Waals surface area contributed by atoms with E-state index in [4.69, 9.17) is 9.47 Å². The van der Waals surface area contributed by atoms with Gasteiger partial charge in [-0.05, 0) is 42.5 Å². The molecule has 0 saturated carbocycles. The Labute approximate surface area is 157 Å². The van der Waals surface area contributed by atoms with Crippen LogP contribution in [0.3, 0.4) is 0 Å². The normalized spacial score (nSPS) is 15.6. The highest BCUT2D eigenvalue weighted by Crippen LogP contribution is 2.33. The molecule has 0 saturated heterocycles. The molecular weight excluding hydrogens is 349 g/mol. The summed E-state index contributed by atoms with van der Waals surface area (Å²) in [5.41, 5.74) is 2.15. The Morgan fingerprint density at radius 1 is 1.22 bits per heavy atom. The number of ether oxygens (including phenoxy) is 2. The van der Waals surface area contributed by atoms with E-state index < -0.39 is 18.4 Å². The number of likely N-dealkylation sites (N-methyl/N-ethyl adjacent to an activating group) is 1. The molecule has 1 atom stereocenters. The van der Waals surface area contributed by atoms with Crippen molar-refractivity contribution in [2.45, 2.75) is 25.3 Å². The Morgan fingerprint density at radius 2 is 2.00 bits per heavy atom. The summed E-state index contributed by atoms with van der Waals surface area (Å²) < 4.78 is 23.9. The van der Waals surface area contributed by atoms with Crippen LogP contribution < -0.4 is 4.74 Å². The lowest BCUT2D eigenvalue weighted by Crippen LogP contribution is -2.36. The monoisotopic (exact) mass is 371 g/mol. The number of carbonyl (C=O) groups excluding carboxylic acids is 2. The third-order valence-electron chi connectivity index (χ3n) is 4.92. The number of hydrogen-bond acceptors (Lipinski definition) is 4. The van der Waals surface area contributed by atoms with Gasteiger partial charge in [0.2, 0.25) is 0 Å². The van der Waals surface area contributed by atoms with Crippen LogP contribution in [0, 0.1) is 5.82 Å². The average Bonchev–Trinajstić information content (AvgIpc) is 2.70. The zero-order chi connectivity index (χ0) is 19.4. The average molecular weight is 371 g/mol. The second kappa shape index (κ2) is 8.20. The molecule has 2 aromatic rings. The third-order valence-corrected chi connectivity index (χ3v) is 4.92. The van der Waals surface area contributed by atoms with Crippen molar-refractivity contribution in [1.82, 2.24) is 4.90 Å². The number of esters is 1. The first-order valence-corrected chi connectivity index (χ1v) is 8.85. The molecule has 0 fully saturated rings. The Kier molecular flexibility index (Phi) is 5.74. The molecule has 0 bridgehead atoms. The van der Waals surface area contributed by atoms with Crippen molar-refractivity contribution >= 4 is 11.9 Å². The van der Waals surface area contributed by atoms with Gasteiger partial charge in [0.15, 0.2) is 6.61 Å². The molecule has 0 spiro atoms. The predicted molar refractivity (Wildman–Crippen MR) is 98.1 cm³/mol. The van der Waals surface area contributed by atoms with Gasteiger partial charge in [0.1, 0.15) is 11.6 Å². The SMILES string of the molecule is COc1ccc(C(=O)OCC(=O)N(C)[C@H]2CCCc3ccccc32)c(F)c1.